The quantitative estimate of drug-likeness (QED) is 0.398. The number of aryl methyl sites for hydroxylation is 1. The van der Waals surface area contributed by atoms with Gasteiger partial charge in [0.15, 0.2) is 0 Å². The van der Waals surface area contributed by atoms with Crippen molar-refractivity contribution in [2.24, 2.45) is 0 Å². The van der Waals surface area contributed by atoms with Crippen molar-refractivity contribution < 1.29 is 18.0 Å². The second-order valence-corrected chi connectivity index (χ2v) is 9.20. The fourth-order valence-electron chi connectivity index (χ4n) is 3.99. The van der Waals surface area contributed by atoms with Crippen LogP contribution in [0.25, 0.3) is 5.69 Å². The fourth-order valence-corrected chi connectivity index (χ4v) is 4.21. The standard InChI is InChI=1S/C26H27ClF3N5O/c1-17-23(18(2)35(32-17)22-10-9-20(16-31)24(27)15-22)14-19-7-5-8-21(13-19)34(12-6-11-33(3)4)25(36)26(28,29)30/h5,7-10,13,15H,6,11-12,14H2,1-4H3. The molecule has 190 valence electrons. The molecule has 0 spiro atoms. The number of alkyl halides is 3. The Labute approximate surface area is 213 Å². The second-order valence-electron chi connectivity index (χ2n) is 8.80. The van der Waals surface area contributed by atoms with E-state index in [0.717, 1.165) is 27.4 Å². The van der Waals surface area contributed by atoms with E-state index >= 15 is 0 Å². The number of anilines is 1. The van der Waals surface area contributed by atoms with Crippen LogP contribution < -0.4 is 4.90 Å². The highest BCUT2D eigenvalue weighted by Crippen LogP contribution is 2.28. The van der Waals surface area contributed by atoms with E-state index < -0.39 is 12.1 Å². The molecule has 0 aliphatic rings. The van der Waals surface area contributed by atoms with Gasteiger partial charge in [-0.05, 0) is 76.8 Å². The van der Waals surface area contributed by atoms with Gasteiger partial charge in [0, 0.05) is 29.9 Å². The van der Waals surface area contributed by atoms with Gasteiger partial charge in [-0.25, -0.2) is 4.68 Å². The Morgan fingerprint density at radius 3 is 2.47 bits per heavy atom. The maximum Gasteiger partial charge on any atom is 0.471 e. The molecule has 0 unspecified atom stereocenters. The van der Waals surface area contributed by atoms with Crippen molar-refractivity contribution >= 4 is 23.2 Å². The molecule has 0 radical (unpaired) electrons. The van der Waals surface area contributed by atoms with Crippen LogP contribution >= 0.6 is 11.6 Å². The summed E-state index contributed by atoms with van der Waals surface area (Å²) in [5, 5.41) is 14.0. The molecule has 3 aromatic rings. The topological polar surface area (TPSA) is 65.2 Å². The average molecular weight is 518 g/mol. The van der Waals surface area contributed by atoms with E-state index in [2.05, 4.69) is 5.10 Å². The molecular weight excluding hydrogens is 491 g/mol. The van der Waals surface area contributed by atoms with Crippen molar-refractivity contribution in [2.45, 2.75) is 32.9 Å². The molecule has 3 rings (SSSR count). The van der Waals surface area contributed by atoms with Crippen LogP contribution in [0, 0.1) is 25.2 Å². The summed E-state index contributed by atoms with van der Waals surface area (Å²) in [6, 6.07) is 13.7. The zero-order chi connectivity index (χ0) is 26.6. The number of nitriles is 1. The Hall–Kier alpha value is -3.35. The van der Waals surface area contributed by atoms with Crippen LogP contribution in [0.2, 0.25) is 5.02 Å². The fraction of sp³-hybridized carbons (Fsp3) is 0.346. The van der Waals surface area contributed by atoms with Gasteiger partial charge in [0.1, 0.15) is 6.07 Å². The Kier molecular flexibility index (Phi) is 8.43. The highest BCUT2D eigenvalue weighted by atomic mass is 35.5. The molecule has 1 aromatic heterocycles. The molecule has 6 nitrogen and oxygen atoms in total. The molecule has 2 aromatic carbocycles. The van der Waals surface area contributed by atoms with Gasteiger partial charge >= 0.3 is 12.1 Å². The van der Waals surface area contributed by atoms with Gasteiger partial charge in [-0.1, -0.05) is 23.7 Å². The maximum absolute atomic E-state index is 13.3. The number of benzene rings is 2. The summed E-state index contributed by atoms with van der Waals surface area (Å²) in [5.41, 5.74) is 4.53. The number of aromatic nitrogens is 2. The van der Waals surface area contributed by atoms with E-state index in [1.807, 2.05) is 45.0 Å². The summed E-state index contributed by atoms with van der Waals surface area (Å²) in [4.78, 5) is 14.9. The van der Waals surface area contributed by atoms with Gasteiger partial charge in [-0.15, -0.1) is 0 Å². The first-order valence-electron chi connectivity index (χ1n) is 11.3. The smallest absolute Gasteiger partial charge is 0.309 e. The van der Waals surface area contributed by atoms with Gasteiger partial charge in [0.2, 0.25) is 0 Å². The highest BCUT2D eigenvalue weighted by molar-refractivity contribution is 6.31. The number of carbonyl (C=O) groups is 1. The molecule has 0 aliphatic heterocycles. The molecule has 0 N–H and O–H groups in total. The van der Waals surface area contributed by atoms with Crippen LogP contribution in [-0.2, 0) is 11.2 Å². The molecular formula is C26H27ClF3N5O. The zero-order valence-electron chi connectivity index (χ0n) is 20.5. The highest BCUT2D eigenvalue weighted by Gasteiger charge is 2.42. The SMILES string of the molecule is Cc1nn(-c2ccc(C#N)c(Cl)c2)c(C)c1Cc1cccc(N(CCCN(C)C)C(=O)C(F)(F)F)c1. The lowest BCUT2D eigenvalue weighted by molar-refractivity contribution is -0.170. The largest absolute Gasteiger partial charge is 0.471 e. The monoisotopic (exact) mass is 517 g/mol. The van der Waals surface area contributed by atoms with E-state index in [4.69, 9.17) is 16.9 Å². The third kappa shape index (κ3) is 6.25. The summed E-state index contributed by atoms with van der Waals surface area (Å²) >= 11 is 6.19. The van der Waals surface area contributed by atoms with Crippen LogP contribution in [-0.4, -0.2) is 53.9 Å². The number of amides is 1. The van der Waals surface area contributed by atoms with E-state index in [0.29, 0.717) is 35.7 Å². The molecule has 0 saturated heterocycles. The van der Waals surface area contributed by atoms with Crippen molar-refractivity contribution in [1.82, 2.24) is 14.7 Å². The lowest BCUT2D eigenvalue weighted by Gasteiger charge is -2.25. The summed E-state index contributed by atoms with van der Waals surface area (Å²) in [6.07, 6.45) is -4.15. The van der Waals surface area contributed by atoms with Crippen LogP contribution in [0.1, 0.15) is 34.5 Å². The lowest BCUT2D eigenvalue weighted by atomic mass is 10.0. The van der Waals surface area contributed by atoms with Gasteiger partial charge in [0.05, 0.1) is 22.0 Å². The van der Waals surface area contributed by atoms with Crippen molar-refractivity contribution in [3.8, 4) is 11.8 Å². The van der Waals surface area contributed by atoms with Gasteiger partial charge < -0.3 is 9.80 Å². The van der Waals surface area contributed by atoms with Crippen molar-refractivity contribution in [3.63, 3.8) is 0 Å². The van der Waals surface area contributed by atoms with Crippen LogP contribution in [0.15, 0.2) is 42.5 Å². The van der Waals surface area contributed by atoms with Gasteiger partial charge in [0.25, 0.3) is 0 Å². The van der Waals surface area contributed by atoms with Gasteiger partial charge in [-0.2, -0.15) is 23.5 Å². The minimum absolute atomic E-state index is 0.0462. The first-order valence-corrected chi connectivity index (χ1v) is 11.7. The molecule has 1 amide bonds. The number of nitrogens with zero attached hydrogens (tertiary/aromatic N) is 5. The summed E-state index contributed by atoms with van der Waals surface area (Å²) in [7, 11) is 3.65. The number of hydrogen-bond donors (Lipinski definition) is 0. The molecule has 0 fully saturated rings. The predicted octanol–water partition coefficient (Wildman–Crippen LogP) is 5.45. The molecule has 36 heavy (non-hydrogen) atoms. The van der Waals surface area contributed by atoms with Crippen LogP contribution in [0.4, 0.5) is 18.9 Å². The van der Waals surface area contributed by atoms with Gasteiger partial charge in [-0.3, -0.25) is 4.79 Å². The second kappa shape index (κ2) is 11.1. The number of hydrogen-bond acceptors (Lipinski definition) is 4. The van der Waals surface area contributed by atoms with E-state index in [1.165, 1.54) is 6.07 Å². The summed E-state index contributed by atoms with van der Waals surface area (Å²) in [6.45, 7) is 4.26. The van der Waals surface area contributed by atoms with E-state index in [1.54, 1.807) is 35.0 Å². The predicted molar refractivity (Wildman–Crippen MR) is 134 cm³/mol. The molecule has 1 heterocycles. The number of halogens is 4. The van der Waals surface area contributed by atoms with E-state index in [-0.39, 0.29) is 12.2 Å². The van der Waals surface area contributed by atoms with Crippen molar-refractivity contribution in [1.29, 1.82) is 5.26 Å². The first kappa shape index (κ1) is 27.2. The maximum atomic E-state index is 13.3. The number of carbonyl (C=O) groups excluding carboxylic acids is 1. The Morgan fingerprint density at radius 2 is 1.86 bits per heavy atom. The van der Waals surface area contributed by atoms with E-state index in [9.17, 15) is 18.0 Å². The molecule has 0 saturated carbocycles. The summed E-state index contributed by atoms with van der Waals surface area (Å²) < 4.78 is 41.7. The van der Waals surface area contributed by atoms with Crippen molar-refractivity contribution in [2.75, 3.05) is 32.1 Å². The molecule has 10 heteroatoms. The van der Waals surface area contributed by atoms with Crippen LogP contribution in [0.3, 0.4) is 0 Å². The molecule has 0 bridgehead atoms. The zero-order valence-corrected chi connectivity index (χ0v) is 21.3. The minimum Gasteiger partial charge on any atom is -0.309 e. The average Bonchev–Trinajstić information content (AvgIpc) is 3.09. The van der Waals surface area contributed by atoms with Crippen molar-refractivity contribution in [3.05, 3.63) is 75.6 Å². The Balaban J connectivity index is 1.91. The first-order chi connectivity index (χ1) is 16.9. The Morgan fingerprint density at radius 1 is 1.14 bits per heavy atom. The normalized spacial score (nSPS) is 11.6. The lowest BCUT2D eigenvalue weighted by Crippen LogP contribution is -2.42. The minimum atomic E-state index is -4.97. The molecule has 0 aliphatic carbocycles. The Bertz CT molecular complexity index is 1290. The van der Waals surface area contributed by atoms with Crippen LogP contribution in [0.5, 0.6) is 0 Å². The third-order valence-corrected chi connectivity index (χ3v) is 6.15. The number of rotatable bonds is 8. The third-order valence-electron chi connectivity index (χ3n) is 5.84. The molecule has 0 atom stereocenters. The summed E-state index contributed by atoms with van der Waals surface area (Å²) in [5.74, 6) is -1.88.